The number of nitrogens with two attached hydrogens (primary N) is 1. The molecule has 2 rings (SSSR count). The van der Waals surface area contributed by atoms with Crippen molar-refractivity contribution in [3.05, 3.63) is 5.69 Å². The summed E-state index contributed by atoms with van der Waals surface area (Å²) in [4.78, 5) is 4.82. The van der Waals surface area contributed by atoms with Crippen LogP contribution in [0, 0.1) is 0 Å². The molecule has 0 aromatic carbocycles. The van der Waals surface area contributed by atoms with Crippen molar-refractivity contribution in [3.63, 3.8) is 0 Å². The van der Waals surface area contributed by atoms with Crippen LogP contribution in [0.3, 0.4) is 0 Å². The third kappa shape index (κ3) is 2.69. The highest BCUT2D eigenvalue weighted by Crippen LogP contribution is 2.18. The van der Waals surface area contributed by atoms with E-state index in [0.717, 1.165) is 30.3 Å². The van der Waals surface area contributed by atoms with Gasteiger partial charge in [-0.25, -0.2) is 0 Å². The first-order valence-corrected chi connectivity index (χ1v) is 6.43. The zero-order chi connectivity index (χ0) is 11.5. The van der Waals surface area contributed by atoms with E-state index in [1.807, 2.05) is 0 Å². The molecule has 1 aliphatic rings. The van der Waals surface area contributed by atoms with E-state index < -0.39 is 0 Å². The van der Waals surface area contributed by atoms with E-state index in [-0.39, 0.29) is 0 Å². The van der Waals surface area contributed by atoms with E-state index >= 15 is 0 Å². The Kier molecular flexibility index (Phi) is 3.73. The van der Waals surface area contributed by atoms with Crippen LogP contribution >= 0.6 is 11.5 Å². The first-order valence-electron chi connectivity index (χ1n) is 5.66. The molecule has 0 spiro atoms. The van der Waals surface area contributed by atoms with E-state index in [1.54, 1.807) is 0 Å². The van der Waals surface area contributed by atoms with Crippen molar-refractivity contribution >= 4 is 16.5 Å². The summed E-state index contributed by atoms with van der Waals surface area (Å²) >= 11 is 1.28. The van der Waals surface area contributed by atoms with Gasteiger partial charge in [-0.05, 0) is 26.9 Å². The number of nitrogens with zero attached hydrogens (tertiary/aromatic N) is 4. The van der Waals surface area contributed by atoms with Gasteiger partial charge in [0.05, 0.1) is 0 Å². The SMILES string of the molecule is CC1CN(C)CCCN1Cc1nnsc1N. The second kappa shape index (κ2) is 5.07. The van der Waals surface area contributed by atoms with E-state index in [4.69, 9.17) is 5.73 Å². The average molecular weight is 241 g/mol. The third-order valence-electron chi connectivity index (χ3n) is 3.12. The van der Waals surface area contributed by atoms with Crippen LogP contribution in [0.5, 0.6) is 0 Å². The highest BCUT2D eigenvalue weighted by atomic mass is 32.1. The van der Waals surface area contributed by atoms with Crippen LogP contribution in [-0.4, -0.2) is 52.1 Å². The van der Waals surface area contributed by atoms with Gasteiger partial charge in [-0.1, -0.05) is 4.49 Å². The Morgan fingerprint density at radius 3 is 3.00 bits per heavy atom. The fraction of sp³-hybridized carbons (Fsp3) is 0.800. The summed E-state index contributed by atoms with van der Waals surface area (Å²) in [5.74, 6) is 0. The number of anilines is 1. The number of hydrogen-bond acceptors (Lipinski definition) is 6. The highest BCUT2D eigenvalue weighted by molar-refractivity contribution is 7.09. The summed E-state index contributed by atoms with van der Waals surface area (Å²) in [7, 11) is 2.18. The molecule has 16 heavy (non-hydrogen) atoms. The summed E-state index contributed by atoms with van der Waals surface area (Å²) in [6, 6.07) is 0.550. The Hall–Kier alpha value is -0.720. The maximum atomic E-state index is 5.83. The van der Waals surface area contributed by atoms with Crippen LogP contribution in [0.15, 0.2) is 0 Å². The van der Waals surface area contributed by atoms with Gasteiger partial charge in [0.1, 0.15) is 10.7 Å². The molecule has 5 nitrogen and oxygen atoms in total. The lowest BCUT2D eigenvalue weighted by Crippen LogP contribution is -2.37. The molecule has 1 fully saturated rings. The molecule has 0 amide bonds. The molecule has 6 heteroatoms. The van der Waals surface area contributed by atoms with Gasteiger partial charge in [0.2, 0.25) is 0 Å². The molecule has 1 aromatic rings. The fourth-order valence-corrected chi connectivity index (χ4v) is 2.61. The molecule has 0 saturated carbocycles. The van der Waals surface area contributed by atoms with Gasteiger partial charge in [-0.15, -0.1) is 5.10 Å². The first-order chi connectivity index (χ1) is 7.66. The lowest BCUT2D eigenvalue weighted by molar-refractivity contribution is 0.193. The average Bonchev–Trinajstić information content (AvgIpc) is 2.55. The van der Waals surface area contributed by atoms with E-state index in [1.165, 1.54) is 24.5 Å². The van der Waals surface area contributed by atoms with Crippen LogP contribution in [0.4, 0.5) is 5.00 Å². The molecular formula is C10H19N5S. The van der Waals surface area contributed by atoms with E-state index in [0.29, 0.717) is 6.04 Å². The second-order valence-corrected chi connectivity index (χ2v) is 5.30. The smallest absolute Gasteiger partial charge is 0.132 e. The van der Waals surface area contributed by atoms with Gasteiger partial charge in [0.25, 0.3) is 0 Å². The van der Waals surface area contributed by atoms with E-state index in [9.17, 15) is 0 Å². The molecule has 2 heterocycles. The second-order valence-electron chi connectivity index (χ2n) is 4.52. The van der Waals surface area contributed by atoms with Crippen LogP contribution in [0.2, 0.25) is 0 Å². The van der Waals surface area contributed by atoms with Gasteiger partial charge in [-0.2, -0.15) is 0 Å². The summed E-state index contributed by atoms with van der Waals surface area (Å²) in [6.07, 6.45) is 1.21. The summed E-state index contributed by atoms with van der Waals surface area (Å²) in [5, 5.41) is 4.84. The molecule has 1 saturated heterocycles. The Morgan fingerprint density at radius 2 is 2.31 bits per heavy atom. The zero-order valence-corrected chi connectivity index (χ0v) is 10.7. The molecule has 1 aliphatic heterocycles. The van der Waals surface area contributed by atoms with Crippen molar-refractivity contribution < 1.29 is 0 Å². The lowest BCUT2D eigenvalue weighted by atomic mass is 10.2. The van der Waals surface area contributed by atoms with Crippen LogP contribution in [-0.2, 0) is 6.54 Å². The molecule has 0 radical (unpaired) electrons. The minimum absolute atomic E-state index is 0.550. The largest absolute Gasteiger partial charge is 0.388 e. The molecule has 1 atom stereocenters. The maximum Gasteiger partial charge on any atom is 0.132 e. The first kappa shape index (κ1) is 11.8. The predicted molar refractivity (Wildman–Crippen MR) is 66.3 cm³/mol. The molecular weight excluding hydrogens is 222 g/mol. The molecule has 1 unspecified atom stereocenters. The number of likely N-dealkylation sites (N-methyl/N-ethyl adjacent to an activating group) is 1. The highest BCUT2D eigenvalue weighted by Gasteiger charge is 2.21. The van der Waals surface area contributed by atoms with Crippen molar-refractivity contribution in [3.8, 4) is 0 Å². The number of rotatable bonds is 2. The van der Waals surface area contributed by atoms with Gasteiger partial charge in [-0.3, -0.25) is 4.90 Å². The Morgan fingerprint density at radius 1 is 1.50 bits per heavy atom. The third-order valence-corrected chi connectivity index (χ3v) is 3.72. The van der Waals surface area contributed by atoms with Gasteiger partial charge in [0, 0.05) is 37.2 Å². The van der Waals surface area contributed by atoms with Crippen molar-refractivity contribution in [2.45, 2.75) is 25.9 Å². The molecule has 2 N–H and O–H groups in total. The van der Waals surface area contributed by atoms with Crippen molar-refractivity contribution in [1.29, 1.82) is 0 Å². The summed E-state index contributed by atoms with van der Waals surface area (Å²) < 4.78 is 3.88. The topological polar surface area (TPSA) is 58.3 Å². The quantitative estimate of drug-likeness (QED) is 0.823. The minimum Gasteiger partial charge on any atom is -0.388 e. The van der Waals surface area contributed by atoms with Crippen LogP contribution in [0.1, 0.15) is 19.0 Å². The fourth-order valence-electron chi connectivity index (χ4n) is 2.17. The predicted octanol–water partition coefficient (Wildman–Crippen LogP) is 0.646. The van der Waals surface area contributed by atoms with Crippen molar-refractivity contribution in [1.82, 2.24) is 19.4 Å². The monoisotopic (exact) mass is 241 g/mol. The Balaban J connectivity index is 2.01. The van der Waals surface area contributed by atoms with Gasteiger partial charge in [0.15, 0.2) is 0 Å². The van der Waals surface area contributed by atoms with Crippen LogP contribution in [0.25, 0.3) is 0 Å². The van der Waals surface area contributed by atoms with Crippen LogP contribution < -0.4 is 5.73 Å². The molecule has 0 bridgehead atoms. The Labute approximate surface area is 100 Å². The minimum atomic E-state index is 0.550. The van der Waals surface area contributed by atoms with Gasteiger partial charge < -0.3 is 10.6 Å². The van der Waals surface area contributed by atoms with E-state index in [2.05, 4.69) is 33.4 Å². The Bertz CT molecular complexity index is 340. The van der Waals surface area contributed by atoms with Crippen molar-refractivity contribution in [2.24, 2.45) is 0 Å². The molecule has 1 aromatic heterocycles. The summed E-state index contributed by atoms with van der Waals surface area (Å²) in [6.45, 7) is 6.49. The molecule has 0 aliphatic carbocycles. The zero-order valence-electron chi connectivity index (χ0n) is 9.89. The molecule has 90 valence electrons. The number of aromatic nitrogens is 2. The number of hydrogen-bond donors (Lipinski definition) is 1. The standard InChI is InChI=1S/C10H19N5S/c1-8-6-14(2)4-3-5-15(8)7-9-10(11)16-13-12-9/h8H,3-7,11H2,1-2H3. The summed E-state index contributed by atoms with van der Waals surface area (Å²) in [5.41, 5.74) is 6.76. The maximum absolute atomic E-state index is 5.83. The van der Waals surface area contributed by atoms with Gasteiger partial charge >= 0.3 is 0 Å². The lowest BCUT2D eigenvalue weighted by Gasteiger charge is -2.26. The normalized spacial score (nSPS) is 24.5. The van der Waals surface area contributed by atoms with Crippen molar-refractivity contribution in [2.75, 3.05) is 32.4 Å². The number of nitrogen functional groups attached to an aromatic ring is 1.